The van der Waals surface area contributed by atoms with Crippen molar-refractivity contribution in [2.24, 2.45) is 0 Å². The van der Waals surface area contributed by atoms with E-state index in [-0.39, 0.29) is 5.69 Å². The van der Waals surface area contributed by atoms with E-state index in [9.17, 15) is 15.0 Å². The monoisotopic (exact) mass is 261 g/mol. The Morgan fingerprint density at radius 1 is 1.37 bits per heavy atom. The number of fused-ring (bicyclic) bond motifs is 1. The lowest BCUT2D eigenvalue weighted by molar-refractivity contribution is 0.0690. The zero-order valence-corrected chi connectivity index (χ0v) is 10.7. The lowest BCUT2D eigenvalue weighted by Gasteiger charge is -2.23. The molecule has 0 bridgehead atoms. The number of carbonyl (C=O) groups is 1. The van der Waals surface area contributed by atoms with Gasteiger partial charge in [-0.3, -0.25) is 0 Å². The Morgan fingerprint density at radius 2 is 2.05 bits per heavy atom. The smallest absolute Gasteiger partial charge is 0.358 e. The Labute approximate surface area is 110 Å². The third-order valence-corrected chi connectivity index (χ3v) is 2.76. The van der Waals surface area contributed by atoms with Crippen molar-refractivity contribution in [1.29, 1.82) is 0 Å². The van der Waals surface area contributed by atoms with Crippen LogP contribution in [-0.2, 0) is 0 Å². The van der Waals surface area contributed by atoms with E-state index < -0.39 is 12.1 Å². The molecule has 1 heterocycles. The van der Waals surface area contributed by atoms with Gasteiger partial charge in [0, 0.05) is 19.0 Å². The van der Waals surface area contributed by atoms with E-state index in [1.807, 2.05) is 12.1 Å². The molecule has 100 valence electrons. The minimum Gasteiger partial charge on any atom is -0.476 e. The van der Waals surface area contributed by atoms with Crippen LogP contribution < -0.4 is 4.90 Å². The molecule has 0 amide bonds. The maximum atomic E-state index is 11.3. The lowest BCUT2D eigenvalue weighted by atomic mass is 10.1. The van der Waals surface area contributed by atoms with Crippen LogP contribution in [0.5, 0.6) is 0 Å². The normalized spacial score (nSPS) is 12.4. The van der Waals surface area contributed by atoms with Crippen LogP contribution in [0.1, 0.15) is 17.4 Å². The van der Waals surface area contributed by atoms with Crippen molar-refractivity contribution in [3.63, 3.8) is 0 Å². The number of aliphatic hydroxyl groups excluding tert-OH is 1. The van der Waals surface area contributed by atoms with Crippen molar-refractivity contribution >= 4 is 22.6 Å². The maximum Gasteiger partial charge on any atom is 0.358 e. The summed E-state index contributed by atoms with van der Waals surface area (Å²) in [7, 11) is 1.72. The lowest BCUT2D eigenvalue weighted by Crippen LogP contribution is -2.29. The number of hydrogen-bond acceptors (Lipinski definition) is 5. The Bertz CT molecular complexity index is 613. The number of nitrogens with zero attached hydrogens (tertiary/aromatic N) is 3. The van der Waals surface area contributed by atoms with E-state index in [2.05, 4.69) is 10.2 Å². The second-order valence-corrected chi connectivity index (χ2v) is 4.45. The van der Waals surface area contributed by atoms with Gasteiger partial charge in [0.2, 0.25) is 0 Å². The molecule has 1 aromatic carbocycles. The summed E-state index contributed by atoms with van der Waals surface area (Å²) in [6.45, 7) is 1.96. The van der Waals surface area contributed by atoms with Gasteiger partial charge in [-0.15, -0.1) is 10.2 Å². The topological polar surface area (TPSA) is 86.5 Å². The highest BCUT2D eigenvalue weighted by atomic mass is 16.4. The van der Waals surface area contributed by atoms with E-state index in [1.54, 1.807) is 31.0 Å². The molecule has 1 aromatic heterocycles. The van der Waals surface area contributed by atoms with Crippen LogP contribution in [-0.4, -0.2) is 46.1 Å². The largest absolute Gasteiger partial charge is 0.476 e. The van der Waals surface area contributed by atoms with Crippen molar-refractivity contribution < 1.29 is 15.0 Å². The quantitative estimate of drug-likeness (QED) is 0.858. The number of hydrogen-bond donors (Lipinski definition) is 2. The highest BCUT2D eigenvalue weighted by Crippen LogP contribution is 2.27. The van der Waals surface area contributed by atoms with Crippen LogP contribution in [0, 0.1) is 0 Å². The van der Waals surface area contributed by atoms with Gasteiger partial charge >= 0.3 is 5.97 Å². The van der Waals surface area contributed by atoms with Crippen molar-refractivity contribution in [2.45, 2.75) is 13.0 Å². The molecule has 0 radical (unpaired) electrons. The molecule has 19 heavy (non-hydrogen) atoms. The van der Waals surface area contributed by atoms with Gasteiger partial charge in [0.05, 0.1) is 17.3 Å². The minimum atomic E-state index is -1.13. The molecule has 2 aromatic rings. The summed E-state index contributed by atoms with van der Waals surface area (Å²) >= 11 is 0. The van der Waals surface area contributed by atoms with Crippen LogP contribution >= 0.6 is 0 Å². The average Bonchev–Trinajstić information content (AvgIpc) is 2.36. The van der Waals surface area contributed by atoms with Gasteiger partial charge in [0.1, 0.15) is 0 Å². The van der Waals surface area contributed by atoms with Gasteiger partial charge in [-0.05, 0) is 13.0 Å². The van der Waals surface area contributed by atoms with Crippen molar-refractivity contribution in [3.8, 4) is 0 Å². The third kappa shape index (κ3) is 2.63. The predicted octanol–water partition coefficient (Wildman–Crippen LogP) is 1.14. The van der Waals surface area contributed by atoms with Crippen LogP contribution in [0.15, 0.2) is 24.3 Å². The standard InChI is InChI=1S/C13H15N3O3/c1-8(17)7-16(2)12-9-5-3-4-6-10(9)14-15-11(12)13(18)19/h3-6,8,17H,7H2,1-2H3,(H,18,19). The van der Waals surface area contributed by atoms with Crippen LogP contribution in [0.25, 0.3) is 10.9 Å². The molecular weight excluding hydrogens is 246 g/mol. The Balaban J connectivity index is 2.65. The molecule has 1 atom stereocenters. The van der Waals surface area contributed by atoms with Gasteiger partial charge < -0.3 is 15.1 Å². The summed E-state index contributed by atoms with van der Waals surface area (Å²) in [5, 5.41) is 27.1. The van der Waals surface area contributed by atoms with E-state index in [1.165, 1.54) is 0 Å². The SMILES string of the molecule is CC(O)CN(C)c1c(C(=O)O)nnc2ccccc12. The number of rotatable bonds is 4. The summed E-state index contributed by atoms with van der Waals surface area (Å²) in [5.74, 6) is -1.13. The number of aromatic carboxylic acids is 1. The van der Waals surface area contributed by atoms with E-state index in [4.69, 9.17) is 0 Å². The molecule has 0 aliphatic rings. The van der Waals surface area contributed by atoms with Gasteiger partial charge in [-0.25, -0.2) is 4.79 Å². The molecule has 1 unspecified atom stereocenters. The first-order valence-corrected chi connectivity index (χ1v) is 5.88. The zero-order valence-electron chi connectivity index (χ0n) is 10.7. The first-order valence-electron chi connectivity index (χ1n) is 5.88. The minimum absolute atomic E-state index is 0.109. The number of anilines is 1. The molecule has 6 nitrogen and oxygen atoms in total. The molecule has 0 fully saturated rings. The Morgan fingerprint density at radius 3 is 2.68 bits per heavy atom. The van der Waals surface area contributed by atoms with Crippen LogP contribution in [0.4, 0.5) is 5.69 Å². The van der Waals surface area contributed by atoms with Crippen molar-refractivity contribution in [3.05, 3.63) is 30.0 Å². The number of aliphatic hydroxyl groups is 1. The second-order valence-electron chi connectivity index (χ2n) is 4.45. The van der Waals surface area contributed by atoms with E-state index in [0.29, 0.717) is 23.1 Å². The second kappa shape index (κ2) is 5.19. The molecule has 0 spiro atoms. The zero-order chi connectivity index (χ0) is 14.0. The number of likely N-dealkylation sites (N-methyl/N-ethyl adjacent to an activating group) is 1. The number of benzene rings is 1. The van der Waals surface area contributed by atoms with Gasteiger partial charge in [0.25, 0.3) is 0 Å². The molecular formula is C13H15N3O3. The predicted molar refractivity (Wildman–Crippen MR) is 71.4 cm³/mol. The Hall–Kier alpha value is -2.21. The van der Waals surface area contributed by atoms with Crippen molar-refractivity contribution in [1.82, 2.24) is 10.2 Å². The number of carboxylic acid groups (broad SMARTS) is 1. The molecule has 0 aliphatic carbocycles. The molecule has 0 aliphatic heterocycles. The highest BCUT2D eigenvalue weighted by Gasteiger charge is 2.20. The molecule has 2 N–H and O–H groups in total. The van der Waals surface area contributed by atoms with E-state index >= 15 is 0 Å². The van der Waals surface area contributed by atoms with Gasteiger partial charge in [-0.2, -0.15) is 0 Å². The maximum absolute atomic E-state index is 11.3. The average molecular weight is 261 g/mol. The summed E-state index contributed by atoms with van der Waals surface area (Å²) in [5.41, 5.74) is 0.987. The summed E-state index contributed by atoms with van der Waals surface area (Å²) in [6.07, 6.45) is -0.571. The van der Waals surface area contributed by atoms with Crippen LogP contribution in [0.3, 0.4) is 0 Å². The molecule has 6 heteroatoms. The first kappa shape index (κ1) is 13.2. The molecule has 0 saturated heterocycles. The number of carboxylic acids is 1. The summed E-state index contributed by atoms with van der Waals surface area (Å²) < 4.78 is 0. The molecule has 0 saturated carbocycles. The third-order valence-electron chi connectivity index (χ3n) is 2.76. The first-order chi connectivity index (χ1) is 9.00. The fraction of sp³-hybridized carbons (Fsp3) is 0.308. The van der Waals surface area contributed by atoms with Crippen LogP contribution in [0.2, 0.25) is 0 Å². The van der Waals surface area contributed by atoms with E-state index in [0.717, 1.165) is 0 Å². The van der Waals surface area contributed by atoms with Gasteiger partial charge in [-0.1, -0.05) is 18.2 Å². The number of aromatic nitrogens is 2. The summed E-state index contributed by atoms with van der Waals surface area (Å²) in [6, 6.07) is 7.20. The summed E-state index contributed by atoms with van der Waals surface area (Å²) in [4.78, 5) is 12.9. The fourth-order valence-corrected chi connectivity index (χ4v) is 2.06. The highest BCUT2D eigenvalue weighted by molar-refractivity contribution is 6.02. The fourth-order valence-electron chi connectivity index (χ4n) is 2.06. The Kier molecular flexibility index (Phi) is 3.62. The van der Waals surface area contributed by atoms with Crippen molar-refractivity contribution in [2.75, 3.05) is 18.5 Å². The van der Waals surface area contributed by atoms with Gasteiger partial charge in [0.15, 0.2) is 5.69 Å². The molecule has 2 rings (SSSR count).